The van der Waals surface area contributed by atoms with E-state index in [1.54, 1.807) is 0 Å². The fourth-order valence-corrected chi connectivity index (χ4v) is 3.34. The van der Waals surface area contributed by atoms with Gasteiger partial charge in [-0.2, -0.15) is 10.2 Å². The lowest BCUT2D eigenvalue weighted by molar-refractivity contribution is 0.379. The third kappa shape index (κ3) is 2.59. The zero-order valence-electron chi connectivity index (χ0n) is 13.0. The number of fused-ring (bicyclic) bond motifs is 1. The fourth-order valence-electron chi connectivity index (χ4n) is 3.34. The minimum absolute atomic E-state index is 0.697. The molecule has 0 amide bonds. The monoisotopic (exact) mass is 298 g/mol. The Labute approximate surface area is 130 Å². The molecule has 0 bridgehead atoms. The molecule has 2 aromatic rings. The van der Waals surface area contributed by atoms with Crippen molar-refractivity contribution in [2.24, 2.45) is 13.0 Å². The minimum Gasteiger partial charge on any atom is -0.354 e. The third-order valence-corrected chi connectivity index (χ3v) is 4.75. The van der Waals surface area contributed by atoms with E-state index in [1.165, 1.54) is 29.8 Å². The summed E-state index contributed by atoms with van der Waals surface area (Å²) in [5, 5.41) is 16.5. The summed E-state index contributed by atoms with van der Waals surface area (Å²) in [6, 6.07) is 4.30. The number of nitrogens with one attached hydrogen (secondary N) is 1. The molecule has 1 N–H and O–H groups in total. The zero-order chi connectivity index (χ0) is 14.9. The topological polar surface area (TPSA) is 58.9 Å². The molecular weight excluding hydrogens is 276 g/mol. The first-order valence-electron chi connectivity index (χ1n) is 8.07. The maximum absolute atomic E-state index is 4.38. The van der Waals surface area contributed by atoms with Gasteiger partial charge in [-0.1, -0.05) is 0 Å². The Kier molecular flexibility index (Phi) is 3.54. The third-order valence-electron chi connectivity index (χ3n) is 4.75. The molecule has 0 radical (unpaired) electrons. The van der Waals surface area contributed by atoms with E-state index in [9.17, 15) is 0 Å². The number of aryl methyl sites for hydroxylation is 3. The second kappa shape index (κ2) is 5.68. The Bertz CT molecular complexity index is 658. The zero-order valence-corrected chi connectivity index (χ0v) is 13.0. The fraction of sp³-hybridized carbons (Fsp3) is 0.562. The summed E-state index contributed by atoms with van der Waals surface area (Å²) in [5.74, 6) is 1.76. The molecule has 0 atom stereocenters. The number of anilines is 1. The molecule has 1 saturated heterocycles. The van der Waals surface area contributed by atoms with Crippen molar-refractivity contribution in [2.45, 2.75) is 25.8 Å². The van der Waals surface area contributed by atoms with Crippen molar-refractivity contribution in [1.82, 2.24) is 25.3 Å². The first-order chi connectivity index (χ1) is 10.8. The van der Waals surface area contributed by atoms with Gasteiger partial charge in [0, 0.05) is 45.3 Å². The van der Waals surface area contributed by atoms with Crippen LogP contribution in [0.2, 0.25) is 0 Å². The predicted molar refractivity (Wildman–Crippen MR) is 84.7 cm³/mol. The van der Waals surface area contributed by atoms with E-state index in [0.717, 1.165) is 38.4 Å². The van der Waals surface area contributed by atoms with E-state index in [0.29, 0.717) is 5.92 Å². The molecule has 1 aliphatic heterocycles. The molecular formula is C16H22N6. The Morgan fingerprint density at radius 2 is 2.18 bits per heavy atom. The van der Waals surface area contributed by atoms with E-state index >= 15 is 0 Å². The molecule has 0 unspecified atom stereocenters. The van der Waals surface area contributed by atoms with Crippen LogP contribution < -0.4 is 10.2 Å². The summed E-state index contributed by atoms with van der Waals surface area (Å²) < 4.78 is 1.92. The van der Waals surface area contributed by atoms with Gasteiger partial charge in [0.05, 0.1) is 11.4 Å². The van der Waals surface area contributed by atoms with Crippen molar-refractivity contribution in [1.29, 1.82) is 0 Å². The summed E-state index contributed by atoms with van der Waals surface area (Å²) in [6.07, 6.45) is 5.34. The van der Waals surface area contributed by atoms with Crippen LogP contribution in [0, 0.1) is 5.92 Å². The van der Waals surface area contributed by atoms with Crippen molar-refractivity contribution >= 4 is 5.82 Å². The molecule has 116 valence electrons. The largest absolute Gasteiger partial charge is 0.354 e. The van der Waals surface area contributed by atoms with E-state index in [-0.39, 0.29) is 0 Å². The van der Waals surface area contributed by atoms with Crippen LogP contribution in [-0.2, 0) is 26.4 Å². The molecule has 3 heterocycles. The Hall–Kier alpha value is -1.95. The maximum atomic E-state index is 4.38. The molecule has 6 heteroatoms. The van der Waals surface area contributed by atoms with Gasteiger partial charge >= 0.3 is 0 Å². The molecule has 2 aromatic heterocycles. The van der Waals surface area contributed by atoms with Crippen LogP contribution in [-0.4, -0.2) is 39.6 Å². The maximum Gasteiger partial charge on any atom is 0.151 e. The predicted octanol–water partition coefficient (Wildman–Crippen LogP) is 0.925. The van der Waals surface area contributed by atoms with E-state index < -0.39 is 0 Å². The number of hydrogen-bond donors (Lipinski definition) is 1. The molecule has 4 rings (SSSR count). The highest BCUT2D eigenvalue weighted by Crippen LogP contribution is 2.26. The van der Waals surface area contributed by atoms with Gasteiger partial charge < -0.3 is 10.2 Å². The van der Waals surface area contributed by atoms with Gasteiger partial charge in [-0.05, 0) is 37.0 Å². The Morgan fingerprint density at radius 3 is 3.00 bits per heavy atom. The van der Waals surface area contributed by atoms with Gasteiger partial charge in [0.15, 0.2) is 5.82 Å². The van der Waals surface area contributed by atoms with Crippen LogP contribution in [0.5, 0.6) is 0 Å². The van der Waals surface area contributed by atoms with E-state index in [4.69, 9.17) is 0 Å². The Balaban J connectivity index is 1.25. The highest BCUT2D eigenvalue weighted by molar-refractivity contribution is 5.45. The number of aromatic nitrogens is 4. The van der Waals surface area contributed by atoms with Crippen molar-refractivity contribution in [2.75, 3.05) is 24.5 Å². The van der Waals surface area contributed by atoms with Crippen molar-refractivity contribution in [3.8, 4) is 0 Å². The standard InChI is InChI=1S/C16H22N6/c1-21-14(5-6-18-21)9-17-8-12-10-22(11-12)16-7-13-3-2-4-15(13)19-20-16/h5-7,12,17H,2-4,8-11H2,1H3. The van der Waals surface area contributed by atoms with Gasteiger partial charge in [-0.3, -0.25) is 4.68 Å². The second-order valence-corrected chi connectivity index (χ2v) is 6.38. The average molecular weight is 298 g/mol. The van der Waals surface area contributed by atoms with Crippen LogP contribution in [0.3, 0.4) is 0 Å². The summed E-state index contributed by atoms with van der Waals surface area (Å²) in [5.41, 5.74) is 3.84. The second-order valence-electron chi connectivity index (χ2n) is 6.38. The van der Waals surface area contributed by atoms with E-state index in [2.05, 4.69) is 37.6 Å². The van der Waals surface area contributed by atoms with Crippen molar-refractivity contribution in [3.63, 3.8) is 0 Å². The lowest BCUT2D eigenvalue weighted by Gasteiger charge is -2.40. The summed E-state index contributed by atoms with van der Waals surface area (Å²) >= 11 is 0. The van der Waals surface area contributed by atoms with Crippen LogP contribution in [0.25, 0.3) is 0 Å². The highest BCUT2D eigenvalue weighted by Gasteiger charge is 2.28. The number of nitrogens with zero attached hydrogens (tertiary/aromatic N) is 5. The lowest BCUT2D eigenvalue weighted by Crippen LogP contribution is -2.51. The van der Waals surface area contributed by atoms with Gasteiger partial charge in [0.25, 0.3) is 0 Å². The highest BCUT2D eigenvalue weighted by atomic mass is 15.3. The summed E-state index contributed by atoms with van der Waals surface area (Å²) in [7, 11) is 1.98. The molecule has 0 aromatic carbocycles. The van der Waals surface area contributed by atoms with Gasteiger partial charge in [-0.25, -0.2) is 0 Å². The average Bonchev–Trinajstić information content (AvgIpc) is 3.09. The number of rotatable bonds is 5. The van der Waals surface area contributed by atoms with Crippen LogP contribution in [0.15, 0.2) is 18.3 Å². The smallest absolute Gasteiger partial charge is 0.151 e. The minimum atomic E-state index is 0.697. The first-order valence-corrected chi connectivity index (χ1v) is 8.07. The molecule has 1 fully saturated rings. The van der Waals surface area contributed by atoms with Crippen molar-refractivity contribution < 1.29 is 0 Å². The van der Waals surface area contributed by atoms with E-state index in [1.807, 2.05) is 17.9 Å². The molecule has 0 spiro atoms. The Morgan fingerprint density at radius 1 is 1.27 bits per heavy atom. The molecule has 6 nitrogen and oxygen atoms in total. The normalized spacial score (nSPS) is 17.6. The van der Waals surface area contributed by atoms with Crippen LogP contribution in [0.4, 0.5) is 5.82 Å². The van der Waals surface area contributed by atoms with Gasteiger partial charge in [0.2, 0.25) is 0 Å². The molecule has 1 aliphatic carbocycles. The first kappa shape index (κ1) is 13.7. The quantitative estimate of drug-likeness (QED) is 0.890. The van der Waals surface area contributed by atoms with Gasteiger partial charge in [-0.15, -0.1) is 5.10 Å². The number of hydrogen-bond acceptors (Lipinski definition) is 5. The molecule has 22 heavy (non-hydrogen) atoms. The van der Waals surface area contributed by atoms with Gasteiger partial charge in [0.1, 0.15) is 0 Å². The van der Waals surface area contributed by atoms with Crippen molar-refractivity contribution in [3.05, 3.63) is 35.3 Å². The molecule has 0 saturated carbocycles. The summed E-state index contributed by atoms with van der Waals surface area (Å²) in [6.45, 7) is 4.07. The molecule has 2 aliphatic rings. The lowest BCUT2D eigenvalue weighted by atomic mass is 10.00. The summed E-state index contributed by atoms with van der Waals surface area (Å²) in [4.78, 5) is 2.34. The van der Waals surface area contributed by atoms with Crippen LogP contribution in [0.1, 0.15) is 23.4 Å². The van der Waals surface area contributed by atoms with Crippen LogP contribution >= 0.6 is 0 Å². The SMILES string of the molecule is Cn1nccc1CNCC1CN(c2cc3c(nn2)CCC3)C1.